The highest BCUT2D eigenvalue weighted by Gasteiger charge is 2.31. The summed E-state index contributed by atoms with van der Waals surface area (Å²) in [4.78, 5) is 14.5. The van der Waals surface area contributed by atoms with Crippen molar-refractivity contribution in [1.29, 1.82) is 0 Å². The van der Waals surface area contributed by atoms with E-state index in [1.165, 1.54) is 16.4 Å². The number of piperazine rings is 1. The van der Waals surface area contributed by atoms with Gasteiger partial charge in [0.05, 0.1) is 27.1 Å². The van der Waals surface area contributed by atoms with E-state index in [0.29, 0.717) is 22.9 Å². The summed E-state index contributed by atoms with van der Waals surface area (Å²) < 4.78 is 32.4. The minimum atomic E-state index is -3.63. The fourth-order valence-corrected chi connectivity index (χ4v) is 4.80. The van der Waals surface area contributed by atoms with E-state index in [1.807, 2.05) is 6.92 Å². The molecule has 0 atom stereocenters. The van der Waals surface area contributed by atoms with Gasteiger partial charge in [0.25, 0.3) is 5.91 Å². The van der Waals surface area contributed by atoms with E-state index >= 15 is 0 Å². The van der Waals surface area contributed by atoms with Crippen molar-refractivity contribution in [3.63, 3.8) is 0 Å². The summed E-state index contributed by atoms with van der Waals surface area (Å²) in [6.45, 7) is 3.34. The van der Waals surface area contributed by atoms with Crippen LogP contribution in [0, 0.1) is 0 Å². The molecule has 1 amide bonds. The second kappa shape index (κ2) is 8.69. The third-order valence-electron chi connectivity index (χ3n) is 4.48. The molecule has 2 aromatic carbocycles. The van der Waals surface area contributed by atoms with Crippen molar-refractivity contribution in [2.75, 3.05) is 32.8 Å². The molecular weight excluding hydrogens is 423 g/mol. The van der Waals surface area contributed by atoms with Gasteiger partial charge in [-0.1, -0.05) is 29.3 Å². The number of benzene rings is 2. The Morgan fingerprint density at radius 2 is 1.68 bits per heavy atom. The Bertz CT molecular complexity index is 956. The fourth-order valence-electron chi connectivity index (χ4n) is 2.99. The first-order valence-corrected chi connectivity index (χ1v) is 11.0. The largest absolute Gasteiger partial charge is 0.494 e. The topological polar surface area (TPSA) is 66.9 Å². The van der Waals surface area contributed by atoms with Gasteiger partial charge in [0.2, 0.25) is 10.0 Å². The molecule has 1 fully saturated rings. The highest BCUT2D eigenvalue weighted by molar-refractivity contribution is 7.89. The average molecular weight is 443 g/mol. The van der Waals surface area contributed by atoms with Crippen molar-refractivity contribution in [3.05, 3.63) is 58.1 Å². The van der Waals surface area contributed by atoms with Gasteiger partial charge in [0.1, 0.15) is 5.75 Å². The van der Waals surface area contributed by atoms with Gasteiger partial charge in [-0.15, -0.1) is 0 Å². The monoisotopic (exact) mass is 442 g/mol. The van der Waals surface area contributed by atoms with Gasteiger partial charge < -0.3 is 9.64 Å². The zero-order chi connectivity index (χ0) is 20.3. The molecule has 1 aliphatic heterocycles. The third kappa shape index (κ3) is 4.27. The lowest BCUT2D eigenvalue weighted by molar-refractivity contribution is 0.0698. The molecule has 1 aliphatic rings. The number of carbonyl (C=O) groups is 1. The maximum atomic E-state index is 12.8. The van der Waals surface area contributed by atoms with Gasteiger partial charge in [-0.05, 0) is 43.3 Å². The van der Waals surface area contributed by atoms with E-state index in [0.717, 1.165) is 0 Å². The van der Waals surface area contributed by atoms with Crippen molar-refractivity contribution in [2.24, 2.45) is 0 Å². The van der Waals surface area contributed by atoms with Crippen LogP contribution in [0.2, 0.25) is 10.0 Å². The predicted octanol–water partition coefficient (Wildman–Crippen LogP) is 3.54. The van der Waals surface area contributed by atoms with Gasteiger partial charge in [-0.25, -0.2) is 8.42 Å². The summed E-state index contributed by atoms with van der Waals surface area (Å²) in [5.74, 6) is 0.362. The van der Waals surface area contributed by atoms with Crippen LogP contribution in [0.3, 0.4) is 0 Å². The molecule has 1 heterocycles. The van der Waals surface area contributed by atoms with E-state index in [4.69, 9.17) is 27.9 Å². The summed E-state index contributed by atoms with van der Waals surface area (Å²) in [5.41, 5.74) is 0.317. The second-order valence-electron chi connectivity index (χ2n) is 6.20. The zero-order valence-electron chi connectivity index (χ0n) is 15.3. The Balaban J connectivity index is 1.69. The lowest BCUT2D eigenvalue weighted by atomic mass is 10.2. The Hall–Kier alpha value is -1.80. The summed E-state index contributed by atoms with van der Waals surface area (Å²) in [7, 11) is -3.63. The molecule has 6 nitrogen and oxygen atoms in total. The molecule has 3 rings (SSSR count). The summed E-state index contributed by atoms with van der Waals surface area (Å²) >= 11 is 12.1. The first-order chi connectivity index (χ1) is 13.3. The molecule has 0 bridgehead atoms. The Morgan fingerprint density at radius 1 is 1.04 bits per heavy atom. The van der Waals surface area contributed by atoms with Crippen LogP contribution in [0.4, 0.5) is 0 Å². The number of nitrogens with zero attached hydrogens (tertiary/aromatic N) is 2. The van der Waals surface area contributed by atoms with Gasteiger partial charge in [-0.3, -0.25) is 4.79 Å². The average Bonchev–Trinajstić information content (AvgIpc) is 2.70. The molecular formula is C19H20Cl2N2O4S. The number of sulfonamides is 1. The first-order valence-electron chi connectivity index (χ1n) is 8.81. The molecule has 0 N–H and O–H groups in total. The SMILES string of the molecule is CCOc1ccc(S(=O)(=O)N2CCN(C(=O)c3cccc(Cl)c3Cl)CC2)cc1. The minimum Gasteiger partial charge on any atom is -0.494 e. The van der Waals surface area contributed by atoms with E-state index in [2.05, 4.69) is 0 Å². The molecule has 0 aliphatic carbocycles. The Kier molecular flexibility index (Phi) is 6.50. The summed E-state index contributed by atoms with van der Waals surface area (Å²) in [6, 6.07) is 11.2. The molecule has 2 aromatic rings. The molecule has 9 heteroatoms. The van der Waals surface area contributed by atoms with Crippen molar-refractivity contribution < 1.29 is 17.9 Å². The first kappa shape index (κ1) is 20.9. The molecule has 0 spiro atoms. The Labute approximate surface area is 174 Å². The fraction of sp³-hybridized carbons (Fsp3) is 0.316. The van der Waals surface area contributed by atoms with Crippen LogP contribution in [0.15, 0.2) is 47.4 Å². The van der Waals surface area contributed by atoms with Crippen molar-refractivity contribution in [2.45, 2.75) is 11.8 Å². The van der Waals surface area contributed by atoms with Crippen molar-refractivity contribution in [1.82, 2.24) is 9.21 Å². The van der Waals surface area contributed by atoms with Gasteiger partial charge in [0.15, 0.2) is 0 Å². The van der Waals surface area contributed by atoms with Crippen molar-refractivity contribution in [3.8, 4) is 5.75 Å². The van der Waals surface area contributed by atoms with E-state index in [1.54, 1.807) is 35.2 Å². The van der Waals surface area contributed by atoms with Crippen LogP contribution in [0.5, 0.6) is 5.75 Å². The molecule has 0 saturated carbocycles. The molecule has 1 saturated heterocycles. The van der Waals surface area contributed by atoms with E-state index < -0.39 is 10.0 Å². The van der Waals surface area contributed by atoms with Crippen molar-refractivity contribution >= 4 is 39.1 Å². The molecule has 28 heavy (non-hydrogen) atoms. The number of hydrogen-bond donors (Lipinski definition) is 0. The molecule has 150 valence electrons. The van der Waals surface area contributed by atoms with Gasteiger partial charge >= 0.3 is 0 Å². The van der Waals surface area contributed by atoms with Crippen LogP contribution < -0.4 is 4.74 Å². The number of hydrogen-bond acceptors (Lipinski definition) is 4. The second-order valence-corrected chi connectivity index (χ2v) is 8.93. The number of amides is 1. The van der Waals surface area contributed by atoms with Crippen LogP contribution in [0.25, 0.3) is 0 Å². The number of carbonyl (C=O) groups excluding carboxylic acids is 1. The summed E-state index contributed by atoms with van der Waals surface area (Å²) in [6.07, 6.45) is 0. The standard InChI is InChI=1S/C19H20Cl2N2O4S/c1-2-27-14-6-8-15(9-7-14)28(25,26)23-12-10-22(11-13-23)19(24)16-4-3-5-17(20)18(16)21/h3-9H,2,10-13H2,1H3. The maximum Gasteiger partial charge on any atom is 0.255 e. The molecule has 0 radical (unpaired) electrons. The summed E-state index contributed by atoms with van der Waals surface area (Å²) in [5, 5.41) is 0.517. The zero-order valence-corrected chi connectivity index (χ0v) is 17.6. The lowest BCUT2D eigenvalue weighted by Gasteiger charge is -2.34. The van der Waals surface area contributed by atoms with Crippen LogP contribution in [-0.4, -0.2) is 56.3 Å². The normalized spacial score (nSPS) is 15.5. The molecule has 0 aromatic heterocycles. The maximum absolute atomic E-state index is 12.8. The quantitative estimate of drug-likeness (QED) is 0.709. The van der Waals surface area contributed by atoms with E-state index in [-0.39, 0.29) is 42.0 Å². The third-order valence-corrected chi connectivity index (χ3v) is 7.21. The van der Waals surface area contributed by atoms with Crippen LogP contribution in [-0.2, 0) is 10.0 Å². The van der Waals surface area contributed by atoms with Crippen LogP contribution >= 0.6 is 23.2 Å². The molecule has 0 unspecified atom stereocenters. The predicted molar refractivity (Wildman–Crippen MR) is 109 cm³/mol. The number of rotatable bonds is 5. The number of halogens is 2. The Morgan fingerprint density at radius 3 is 2.29 bits per heavy atom. The highest BCUT2D eigenvalue weighted by atomic mass is 35.5. The minimum absolute atomic E-state index is 0.202. The van der Waals surface area contributed by atoms with Gasteiger partial charge in [-0.2, -0.15) is 4.31 Å². The highest BCUT2D eigenvalue weighted by Crippen LogP contribution is 2.27. The van der Waals surface area contributed by atoms with Crippen LogP contribution in [0.1, 0.15) is 17.3 Å². The lowest BCUT2D eigenvalue weighted by Crippen LogP contribution is -2.50. The van der Waals surface area contributed by atoms with E-state index in [9.17, 15) is 13.2 Å². The van der Waals surface area contributed by atoms with Gasteiger partial charge in [0, 0.05) is 26.2 Å². The smallest absolute Gasteiger partial charge is 0.255 e. The number of ether oxygens (including phenoxy) is 1.